The topological polar surface area (TPSA) is 59.8 Å². The van der Waals surface area contributed by atoms with Crippen LogP contribution in [0.1, 0.15) is 44.4 Å². The molecule has 1 atom stereocenters. The zero-order valence-electron chi connectivity index (χ0n) is 18.5. The van der Waals surface area contributed by atoms with Gasteiger partial charge >= 0.3 is 0 Å². The van der Waals surface area contributed by atoms with Gasteiger partial charge in [0.25, 0.3) is 5.91 Å². The normalized spacial score (nSPS) is 15.2. The minimum Gasteiger partial charge on any atom is -0.497 e. The van der Waals surface area contributed by atoms with Crippen LogP contribution in [0.15, 0.2) is 69.9 Å². The molecular formula is C27H22ClNO4. The number of hydrogen-bond donors (Lipinski definition) is 0. The van der Waals surface area contributed by atoms with Crippen molar-refractivity contribution in [3.05, 3.63) is 109 Å². The first-order valence-corrected chi connectivity index (χ1v) is 11.0. The second-order valence-corrected chi connectivity index (χ2v) is 8.71. The maximum atomic E-state index is 13.7. The van der Waals surface area contributed by atoms with Crippen molar-refractivity contribution in [1.82, 2.24) is 4.90 Å². The second kappa shape index (κ2) is 8.09. The highest BCUT2D eigenvalue weighted by molar-refractivity contribution is 6.31. The standard InChI is InChI=1S/C27H22ClNO4/c1-15-12-20-22(13-16(15)2)33-26-23(25(20)30)24(17-8-10-19(32-3)11-9-17)29(27(26)31)14-18-6-4-5-7-21(18)28/h4-13,24H,14H2,1-3H3. The highest BCUT2D eigenvalue weighted by atomic mass is 35.5. The molecule has 166 valence electrons. The Morgan fingerprint density at radius 1 is 1.00 bits per heavy atom. The van der Waals surface area contributed by atoms with Gasteiger partial charge in [-0.05, 0) is 66.4 Å². The number of rotatable bonds is 4. The minimum absolute atomic E-state index is 0.0867. The molecule has 1 aliphatic rings. The second-order valence-electron chi connectivity index (χ2n) is 8.31. The van der Waals surface area contributed by atoms with Crippen LogP contribution in [0.2, 0.25) is 5.02 Å². The van der Waals surface area contributed by atoms with Gasteiger partial charge in [-0.1, -0.05) is 41.9 Å². The van der Waals surface area contributed by atoms with E-state index in [1.54, 1.807) is 18.1 Å². The number of benzene rings is 3. The lowest BCUT2D eigenvalue weighted by Crippen LogP contribution is -2.29. The van der Waals surface area contributed by atoms with Gasteiger partial charge in [-0.15, -0.1) is 0 Å². The fourth-order valence-electron chi connectivity index (χ4n) is 4.38. The number of amides is 1. The van der Waals surface area contributed by atoms with Crippen molar-refractivity contribution in [2.75, 3.05) is 7.11 Å². The summed E-state index contributed by atoms with van der Waals surface area (Å²) in [6.45, 7) is 4.15. The summed E-state index contributed by atoms with van der Waals surface area (Å²) in [7, 11) is 1.60. The average molecular weight is 460 g/mol. The fourth-order valence-corrected chi connectivity index (χ4v) is 4.58. The molecule has 0 radical (unpaired) electrons. The minimum atomic E-state index is -0.600. The number of nitrogens with zero attached hydrogens (tertiary/aromatic N) is 1. The van der Waals surface area contributed by atoms with E-state index in [2.05, 4.69) is 0 Å². The van der Waals surface area contributed by atoms with Gasteiger partial charge < -0.3 is 14.1 Å². The van der Waals surface area contributed by atoms with Gasteiger partial charge in [-0.25, -0.2) is 0 Å². The molecule has 1 amide bonds. The van der Waals surface area contributed by atoms with Crippen molar-refractivity contribution < 1.29 is 13.9 Å². The SMILES string of the molecule is COc1ccc(C2c3c(oc4cc(C)c(C)cc4c3=O)C(=O)N2Cc2ccccc2Cl)cc1. The Morgan fingerprint density at radius 3 is 2.39 bits per heavy atom. The number of carbonyl (C=O) groups is 1. The number of hydrogen-bond acceptors (Lipinski definition) is 4. The van der Waals surface area contributed by atoms with E-state index >= 15 is 0 Å². The van der Waals surface area contributed by atoms with E-state index in [9.17, 15) is 9.59 Å². The summed E-state index contributed by atoms with van der Waals surface area (Å²) in [6, 6.07) is 17.8. The average Bonchev–Trinajstić information content (AvgIpc) is 3.09. The van der Waals surface area contributed by atoms with Crippen LogP contribution in [0.4, 0.5) is 0 Å². The molecular weight excluding hydrogens is 438 g/mol. The highest BCUT2D eigenvalue weighted by Gasteiger charge is 2.43. The van der Waals surface area contributed by atoms with Crippen molar-refractivity contribution in [3.63, 3.8) is 0 Å². The molecule has 0 N–H and O–H groups in total. The maximum Gasteiger partial charge on any atom is 0.291 e. The van der Waals surface area contributed by atoms with Gasteiger partial charge in [0.05, 0.1) is 24.1 Å². The Balaban J connectivity index is 1.74. The molecule has 6 heteroatoms. The third-order valence-corrected chi connectivity index (χ3v) is 6.68. The fraction of sp³-hybridized carbons (Fsp3) is 0.185. The third-order valence-electron chi connectivity index (χ3n) is 6.31. The van der Waals surface area contributed by atoms with Crippen molar-refractivity contribution in [3.8, 4) is 5.75 Å². The van der Waals surface area contributed by atoms with Crippen LogP contribution in [0.5, 0.6) is 5.75 Å². The van der Waals surface area contributed by atoms with Gasteiger partial charge in [0.15, 0.2) is 5.43 Å². The molecule has 33 heavy (non-hydrogen) atoms. The van der Waals surface area contributed by atoms with E-state index in [1.807, 2.05) is 68.4 Å². The quantitative estimate of drug-likeness (QED) is 0.386. The Labute approximate surface area is 196 Å². The van der Waals surface area contributed by atoms with Crippen molar-refractivity contribution in [1.29, 1.82) is 0 Å². The Kier molecular flexibility index (Phi) is 5.22. The molecule has 1 aromatic heterocycles. The summed E-state index contributed by atoms with van der Waals surface area (Å²) < 4.78 is 11.4. The van der Waals surface area contributed by atoms with E-state index in [-0.39, 0.29) is 23.6 Å². The number of fused-ring (bicyclic) bond motifs is 2. The molecule has 0 fully saturated rings. The molecule has 1 unspecified atom stereocenters. The molecule has 0 aliphatic carbocycles. The summed E-state index contributed by atoms with van der Waals surface area (Å²) in [4.78, 5) is 29.0. The van der Waals surface area contributed by atoms with Crippen LogP contribution in [-0.2, 0) is 6.54 Å². The lowest BCUT2D eigenvalue weighted by atomic mass is 9.97. The zero-order chi connectivity index (χ0) is 23.3. The molecule has 2 heterocycles. The number of ether oxygens (including phenoxy) is 1. The predicted octanol–water partition coefficient (Wildman–Crippen LogP) is 5.82. The summed E-state index contributed by atoms with van der Waals surface area (Å²) in [6.07, 6.45) is 0. The summed E-state index contributed by atoms with van der Waals surface area (Å²) in [5.41, 5.74) is 4.16. The first-order chi connectivity index (χ1) is 15.9. The van der Waals surface area contributed by atoms with Crippen molar-refractivity contribution in [2.24, 2.45) is 0 Å². The van der Waals surface area contributed by atoms with E-state index < -0.39 is 6.04 Å². The molecule has 4 aromatic rings. The number of carbonyl (C=O) groups excluding carboxylic acids is 1. The third kappa shape index (κ3) is 3.49. The predicted molar refractivity (Wildman–Crippen MR) is 128 cm³/mol. The monoisotopic (exact) mass is 459 g/mol. The van der Waals surface area contributed by atoms with Crippen LogP contribution in [0, 0.1) is 13.8 Å². The Bertz CT molecular complexity index is 1460. The van der Waals surface area contributed by atoms with E-state index in [0.29, 0.717) is 27.3 Å². The number of halogens is 1. The van der Waals surface area contributed by atoms with Crippen LogP contribution < -0.4 is 10.2 Å². The summed E-state index contributed by atoms with van der Waals surface area (Å²) in [5.74, 6) is 0.448. The molecule has 0 saturated heterocycles. The first-order valence-electron chi connectivity index (χ1n) is 10.7. The number of methoxy groups -OCH3 is 1. The smallest absolute Gasteiger partial charge is 0.291 e. The van der Waals surface area contributed by atoms with Crippen LogP contribution in [-0.4, -0.2) is 17.9 Å². The maximum absolute atomic E-state index is 13.7. The lowest BCUT2D eigenvalue weighted by molar-refractivity contribution is 0.0714. The molecule has 5 rings (SSSR count). The number of aryl methyl sites for hydroxylation is 2. The van der Waals surface area contributed by atoms with Crippen molar-refractivity contribution >= 4 is 28.5 Å². The van der Waals surface area contributed by atoms with Gasteiger partial charge in [0.1, 0.15) is 11.3 Å². The highest BCUT2D eigenvalue weighted by Crippen LogP contribution is 2.40. The van der Waals surface area contributed by atoms with Crippen LogP contribution in [0.3, 0.4) is 0 Å². The molecule has 1 aliphatic heterocycles. The van der Waals surface area contributed by atoms with Gasteiger partial charge in [0.2, 0.25) is 5.76 Å². The molecule has 3 aromatic carbocycles. The van der Waals surface area contributed by atoms with E-state index in [1.165, 1.54) is 0 Å². The summed E-state index contributed by atoms with van der Waals surface area (Å²) in [5, 5.41) is 1.04. The molecule has 0 bridgehead atoms. The Hall–Kier alpha value is -3.57. The Morgan fingerprint density at radius 2 is 1.70 bits per heavy atom. The van der Waals surface area contributed by atoms with Crippen LogP contribution in [0.25, 0.3) is 11.0 Å². The van der Waals surface area contributed by atoms with Crippen LogP contribution >= 0.6 is 11.6 Å². The van der Waals surface area contributed by atoms with Crippen molar-refractivity contribution in [2.45, 2.75) is 26.4 Å². The summed E-state index contributed by atoms with van der Waals surface area (Å²) >= 11 is 6.41. The molecule has 0 spiro atoms. The molecule has 5 nitrogen and oxygen atoms in total. The first kappa shape index (κ1) is 21.3. The lowest BCUT2D eigenvalue weighted by Gasteiger charge is -2.25. The van der Waals surface area contributed by atoms with Gasteiger partial charge in [-0.3, -0.25) is 9.59 Å². The van der Waals surface area contributed by atoms with Gasteiger partial charge in [-0.2, -0.15) is 0 Å². The van der Waals surface area contributed by atoms with E-state index in [4.69, 9.17) is 20.8 Å². The zero-order valence-corrected chi connectivity index (χ0v) is 19.3. The van der Waals surface area contributed by atoms with Gasteiger partial charge in [0, 0.05) is 11.6 Å². The largest absolute Gasteiger partial charge is 0.497 e. The van der Waals surface area contributed by atoms with E-state index in [0.717, 1.165) is 22.3 Å². The molecule has 0 saturated carbocycles.